The fraction of sp³-hybridized carbons (Fsp3) is 0.500. The van der Waals surface area contributed by atoms with Crippen LogP contribution in [0.1, 0.15) is 51.0 Å². The molecule has 0 aliphatic carbocycles. The second kappa shape index (κ2) is 9.65. The van der Waals surface area contributed by atoms with E-state index in [1.54, 1.807) is 11.1 Å². The third kappa shape index (κ3) is 4.75. The van der Waals surface area contributed by atoms with E-state index in [4.69, 9.17) is 4.74 Å². The molecule has 2 aliphatic rings. The van der Waals surface area contributed by atoms with Gasteiger partial charge in [0.05, 0.1) is 24.5 Å². The standard InChI is InChI=1S/C24H31N5O3/c1-17-21(24(31)28-10-12-32-13-11-28)15-25-22(26-17)19-7-5-9-29(16-19)23(30)18-6-4-8-20(14-18)27(2)3/h4,6,8,14-15,19H,5,7,9-13,16H2,1-3H3/t19-/m1/s1. The van der Waals surface area contributed by atoms with Gasteiger partial charge in [-0.05, 0) is 38.0 Å². The van der Waals surface area contributed by atoms with Crippen molar-refractivity contribution in [2.75, 3.05) is 58.4 Å². The molecule has 1 atom stereocenters. The molecule has 32 heavy (non-hydrogen) atoms. The molecule has 2 amide bonds. The van der Waals surface area contributed by atoms with Gasteiger partial charge >= 0.3 is 0 Å². The summed E-state index contributed by atoms with van der Waals surface area (Å²) in [4.78, 5) is 40.9. The first kappa shape index (κ1) is 22.2. The van der Waals surface area contributed by atoms with Crippen LogP contribution in [0.4, 0.5) is 5.69 Å². The molecule has 8 heteroatoms. The number of piperidine rings is 1. The molecular formula is C24H31N5O3. The molecule has 2 aromatic rings. The van der Waals surface area contributed by atoms with Crippen LogP contribution in [-0.4, -0.2) is 85.1 Å². The lowest BCUT2D eigenvalue weighted by Crippen LogP contribution is -2.41. The molecule has 8 nitrogen and oxygen atoms in total. The van der Waals surface area contributed by atoms with Gasteiger partial charge in [0.15, 0.2) is 0 Å². The maximum Gasteiger partial charge on any atom is 0.257 e. The predicted octanol–water partition coefficient (Wildman–Crippen LogP) is 2.34. The average Bonchev–Trinajstić information content (AvgIpc) is 2.83. The number of hydrogen-bond donors (Lipinski definition) is 0. The Bertz CT molecular complexity index is 987. The van der Waals surface area contributed by atoms with Gasteiger partial charge in [0.1, 0.15) is 5.82 Å². The maximum absolute atomic E-state index is 13.1. The fourth-order valence-electron chi connectivity index (χ4n) is 4.30. The number of nitrogens with zero attached hydrogens (tertiary/aromatic N) is 5. The van der Waals surface area contributed by atoms with Crippen molar-refractivity contribution >= 4 is 17.5 Å². The van der Waals surface area contributed by atoms with Gasteiger partial charge in [0.25, 0.3) is 11.8 Å². The molecule has 0 bridgehead atoms. The number of carbonyl (C=O) groups excluding carboxylic acids is 2. The van der Waals surface area contributed by atoms with Gasteiger partial charge in [0.2, 0.25) is 0 Å². The Morgan fingerprint density at radius 1 is 1.09 bits per heavy atom. The zero-order chi connectivity index (χ0) is 22.7. The largest absolute Gasteiger partial charge is 0.378 e. The fourth-order valence-corrected chi connectivity index (χ4v) is 4.30. The molecular weight excluding hydrogens is 406 g/mol. The van der Waals surface area contributed by atoms with Crippen molar-refractivity contribution in [2.24, 2.45) is 0 Å². The Morgan fingerprint density at radius 3 is 2.59 bits per heavy atom. The van der Waals surface area contributed by atoms with Crippen LogP contribution in [0.15, 0.2) is 30.5 Å². The second-order valence-corrected chi connectivity index (χ2v) is 8.67. The minimum atomic E-state index is -0.0430. The normalized spacial score (nSPS) is 19.0. The van der Waals surface area contributed by atoms with Crippen molar-refractivity contribution in [1.29, 1.82) is 0 Å². The van der Waals surface area contributed by atoms with Crippen molar-refractivity contribution in [3.63, 3.8) is 0 Å². The molecule has 0 saturated carbocycles. The Balaban J connectivity index is 1.47. The molecule has 2 fully saturated rings. The summed E-state index contributed by atoms with van der Waals surface area (Å²) in [5, 5.41) is 0. The van der Waals surface area contributed by atoms with Gasteiger partial charge in [0, 0.05) is 63.6 Å². The van der Waals surface area contributed by atoms with Crippen molar-refractivity contribution in [3.8, 4) is 0 Å². The van der Waals surface area contributed by atoms with Crippen molar-refractivity contribution in [2.45, 2.75) is 25.7 Å². The highest BCUT2D eigenvalue weighted by Gasteiger charge is 2.28. The highest BCUT2D eigenvalue weighted by Crippen LogP contribution is 2.27. The van der Waals surface area contributed by atoms with Crippen LogP contribution >= 0.6 is 0 Å². The van der Waals surface area contributed by atoms with E-state index in [0.29, 0.717) is 55.5 Å². The number of aryl methyl sites for hydroxylation is 1. The highest BCUT2D eigenvalue weighted by molar-refractivity contribution is 5.95. The number of carbonyl (C=O) groups is 2. The SMILES string of the molecule is Cc1nc([C@@H]2CCCN(C(=O)c3cccc(N(C)C)c3)C2)ncc1C(=O)N1CCOCC1. The van der Waals surface area contributed by atoms with Gasteiger partial charge in [-0.2, -0.15) is 0 Å². The lowest BCUT2D eigenvalue weighted by molar-refractivity contribution is 0.0301. The monoisotopic (exact) mass is 437 g/mol. The Labute approximate surface area is 189 Å². The summed E-state index contributed by atoms with van der Waals surface area (Å²) in [7, 11) is 3.93. The topological polar surface area (TPSA) is 78.9 Å². The summed E-state index contributed by atoms with van der Waals surface area (Å²) in [6.45, 7) is 5.48. The Hall–Kier alpha value is -3.00. The summed E-state index contributed by atoms with van der Waals surface area (Å²) in [5.74, 6) is 0.768. The quantitative estimate of drug-likeness (QED) is 0.731. The minimum absolute atomic E-state index is 0.0363. The molecule has 0 radical (unpaired) electrons. The van der Waals surface area contributed by atoms with Crippen LogP contribution in [0.3, 0.4) is 0 Å². The molecule has 4 rings (SSSR count). The van der Waals surface area contributed by atoms with Crippen molar-refractivity contribution < 1.29 is 14.3 Å². The number of benzene rings is 1. The number of rotatable bonds is 4. The third-order valence-corrected chi connectivity index (χ3v) is 6.21. The summed E-state index contributed by atoms with van der Waals surface area (Å²) >= 11 is 0. The van der Waals surface area contributed by atoms with Crippen molar-refractivity contribution in [1.82, 2.24) is 19.8 Å². The van der Waals surface area contributed by atoms with Crippen molar-refractivity contribution in [3.05, 3.63) is 53.1 Å². The molecule has 3 heterocycles. The first-order chi connectivity index (χ1) is 15.4. The molecule has 1 aromatic carbocycles. The summed E-state index contributed by atoms with van der Waals surface area (Å²) in [6, 6.07) is 7.71. The zero-order valence-electron chi connectivity index (χ0n) is 19.1. The lowest BCUT2D eigenvalue weighted by Gasteiger charge is -2.32. The van der Waals surface area contributed by atoms with E-state index in [2.05, 4.69) is 9.97 Å². The highest BCUT2D eigenvalue weighted by atomic mass is 16.5. The van der Waals surface area contributed by atoms with E-state index in [1.165, 1.54) is 0 Å². The molecule has 170 valence electrons. The summed E-state index contributed by atoms with van der Waals surface area (Å²) in [5.41, 5.74) is 2.93. The van der Waals surface area contributed by atoms with E-state index in [1.807, 2.05) is 55.1 Å². The third-order valence-electron chi connectivity index (χ3n) is 6.21. The number of amides is 2. The van der Waals surface area contributed by atoms with E-state index in [9.17, 15) is 9.59 Å². The second-order valence-electron chi connectivity index (χ2n) is 8.67. The smallest absolute Gasteiger partial charge is 0.257 e. The van der Waals surface area contributed by atoms with E-state index in [0.717, 1.165) is 25.1 Å². The van der Waals surface area contributed by atoms with E-state index < -0.39 is 0 Å². The maximum atomic E-state index is 13.1. The number of anilines is 1. The van der Waals surface area contributed by atoms with Crippen LogP contribution in [-0.2, 0) is 4.74 Å². The summed E-state index contributed by atoms with van der Waals surface area (Å²) in [6.07, 6.45) is 3.48. The number of hydrogen-bond acceptors (Lipinski definition) is 6. The lowest BCUT2D eigenvalue weighted by atomic mass is 9.96. The molecule has 0 N–H and O–H groups in total. The number of morpholine rings is 1. The van der Waals surface area contributed by atoms with Gasteiger partial charge < -0.3 is 19.4 Å². The molecule has 1 aromatic heterocycles. The number of likely N-dealkylation sites (tertiary alicyclic amines) is 1. The average molecular weight is 438 g/mol. The Morgan fingerprint density at radius 2 is 1.88 bits per heavy atom. The van der Waals surface area contributed by atoms with Crippen LogP contribution < -0.4 is 4.90 Å². The first-order valence-electron chi connectivity index (χ1n) is 11.2. The molecule has 0 spiro atoms. The molecule has 0 unspecified atom stereocenters. The molecule has 2 aliphatic heterocycles. The number of ether oxygens (including phenoxy) is 1. The van der Waals surface area contributed by atoms with Gasteiger partial charge in [-0.3, -0.25) is 9.59 Å². The Kier molecular flexibility index (Phi) is 6.69. The first-order valence-corrected chi connectivity index (χ1v) is 11.2. The minimum Gasteiger partial charge on any atom is -0.378 e. The van der Waals surface area contributed by atoms with Gasteiger partial charge in [-0.15, -0.1) is 0 Å². The van der Waals surface area contributed by atoms with Gasteiger partial charge in [-0.1, -0.05) is 6.07 Å². The van der Waals surface area contributed by atoms with E-state index >= 15 is 0 Å². The predicted molar refractivity (Wildman–Crippen MR) is 122 cm³/mol. The summed E-state index contributed by atoms with van der Waals surface area (Å²) < 4.78 is 5.33. The van der Waals surface area contributed by atoms with Crippen LogP contribution in [0.5, 0.6) is 0 Å². The molecule has 2 saturated heterocycles. The van der Waals surface area contributed by atoms with Crippen LogP contribution in [0.2, 0.25) is 0 Å². The van der Waals surface area contributed by atoms with Crippen LogP contribution in [0, 0.1) is 6.92 Å². The van der Waals surface area contributed by atoms with Gasteiger partial charge in [-0.25, -0.2) is 9.97 Å². The van der Waals surface area contributed by atoms with Crippen LogP contribution in [0.25, 0.3) is 0 Å². The number of aromatic nitrogens is 2. The van der Waals surface area contributed by atoms with E-state index in [-0.39, 0.29) is 17.7 Å². The zero-order valence-corrected chi connectivity index (χ0v) is 19.1.